The predicted octanol–water partition coefficient (Wildman–Crippen LogP) is 1.40. The van der Waals surface area contributed by atoms with Crippen LogP contribution in [-0.4, -0.2) is 58.9 Å². The second-order valence-electron chi connectivity index (χ2n) is 6.94. The van der Waals surface area contributed by atoms with Crippen molar-refractivity contribution in [2.24, 2.45) is 11.8 Å². The Morgan fingerprint density at radius 1 is 1.12 bits per heavy atom. The fourth-order valence-electron chi connectivity index (χ4n) is 3.70. The summed E-state index contributed by atoms with van der Waals surface area (Å²) in [5.74, 6) is -1.72. The standard InChI is InChI=1S/C19H24N2O4/c22-17-11-16(13-20(17)10-8-14-5-2-1-3-6-14)18(23)21-9-4-7-15(12-21)19(24)25/h1-3,5-6,15-16H,4,7-13H2,(H,24,25)/t15-,16+/m0/s1. The van der Waals surface area contributed by atoms with E-state index in [4.69, 9.17) is 5.11 Å². The summed E-state index contributed by atoms with van der Waals surface area (Å²) in [6.07, 6.45) is 2.34. The summed E-state index contributed by atoms with van der Waals surface area (Å²) in [5, 5.41) is 9.17. The van der Waals surface area contributed by atoms with Crippen LogP contribution in [0.25, 0.3) is 0 Å². The van der Waals surface area contributed by atoms with Crippen molar-refractivity contribution < 1.29 is 19.5 Å². The summed E-state index contributed by atoms with van der Waals surface area (Å²) >= 11 is 0. The van der Waals surface area contributed by atoms with Crippen molar-refractivity contribution in [3.63, 3.8) is 0 Å². The van der Waals surface area contributed by atoms with Gasteiger partial charge in [-0.05, 0) is 24.8 Å². The molecular formula is C19H24N2O4. The van der Waals surface area contributed by atoms with E-state index in [1.165, 1.54) is 5.56 Å². The lowest BCUT2D eigenvalue weighted by atomic mass is 9.96. The van der Waals surface area contributed by atoms with Crippen molar-refractivity contribution in [2.45, 2.75) is 25.7 Å². The number of rotatable bonds is 5. The van der Waals surface area contributed by atoms with E-state index in [1.54, 1.807) is 9.80 Å². The van der Waals surface area contributed by atoms with E-state index >= 15 is 0 Å². The molecule has 2 aliphatic heterocycles. The van der Waals surface area contributed by atoms with E-state index in [-0.39, 0.29) is 30.7 Å². The number of carbonyl (C=O) groups excluding carboxylic acids is 2. The number of carbonyl (C=O) groups is 3. The lowest BCUT2D eigenvalue weighted by Gasteiger charge is -2.32. The molecule has 0 spiro atoms. The highest BCUT2D eigenvalue weighted by atomic mass is 16.4. The first-order chi connectivity index (χ1) is 12.0. The Bertz CT molecular complexity index is 646. The average Bonchev–Trinajstić information content (AvgIpc) is 3.01. The normalized spacial score (nSPS) is 23.8. The molecule has 6 nitrogen and oxygen atoms in total. The first-order valence-corrected chi connectivity index (χ1v) is 8.88. The number of amides is 2. The zero-order valence-electron chi connectivity index (χ0n) is 14.3. The minimum atomic E-state index is -0.843. The lowest BCUT2D eigenvalue weighted by Crippen LogP contribution is -2.45. The Kier molecular flexibility index (Phi) is 5.36. The molecule has 2 heterocycles. The summed E-state index contributed by atoms with van der Waals surface area (Å²) < 4.78 is 0. The van der Waals surface area contributed by atoms with Crippen molar-refractivity contribution in [2.75, 3.05) is 26.2 Å². The number of nitrogens with zero attached hydrogens (tertiary/aromatic N) is 2. The number of aliphatic carboxylic acids is 1. The third kappa shape index (κ3) is 4.18. The van der Waals surface area contributed by atoms with Crippen molar-refractivity contribution in [1.82, 2.24) is 9.80 Å². The molecule has 1 N–H and O–H groups in total. The molecule has 2 saturated heterocycles. The molecule has 2 atom stereocenters. The van der Waals surface area contributed by atoms with Gasteiger partial charge in [0.1, 0.15) is 0 Å². The smallest absolute Gasteiger partial charge is 0.308 e. The Labute approximate surface area is 147 Å². The molecule has 1 aromatic rings. The summed E-state index contributed by atoms with van der Waals surface area (Å²) in [4.78, 5) is 39.5. The molecule has 2 amide bonds. The molecule has 0 aromatic heterocycles. The fraction of sp³-hybridized carbons (Fsp3) is 0.526. The predicted molar refractivity (Wildman–Crippen MR) is 91.8 cm³/mol. The highest BCUT2D eigenvalue weighted by Crippen LogP contribution is 2.24. The van der Waals surface area contributed by atoms with Crippen LogP contribution in [0, 0.1) is 11.8 Å². The molecule has 0 unspecified atom stereocenters. The minimum Gasteiger partial charge on any atom is -0.481 e. The molecular weight excluding hydrogens is 320 g/mol. The maximum atomic E-state index is 12.7. The molecule has 1 aromatic carbocycles. The summed E-state index contributed by atoms with van der Waals surface area (Å²) in [7, 11) is 0. The van der Waals surface area contributed by atoms with Crippen molar-refractivity contribution in [3.05, 3.63) is 35.9 Å². The van der Waals surface area contributed by atoms with E-state index in [2.05, 4.69) is 0 Å². The highest BCUT2D eigenvalue weighted by molar-refractivity contribution is 5.89. The van der Waals surface area contributed by atoms with Crippen LogP contribution in [0.15, 0.2) is 30.3 Å². The number of hydrogen-bond donors (Lipinski definition) is 1. The van der Waals surface area contributed by atoms with Gasteiger partial charge in [0.25, 0.3) is 0 Å². The van der Waals surface area contributed by atoms with Crippen LogP contribution in [-0.2, 0) is 20.8 Å². The van der Waals surface area contributed by atoms with Gasteiger partial charge in [-0.1, -0.05) is 30.3 Å². The molecule has 134 valence electrons. The van der Waals surface area contributed by atoms with Crippen LogP contribution in [0.2, 0.25) is 0 Å². The van der Waals surface area contributed by atoms with Crippen molar-refractivity contribution in [3.8, 4) is 0 Å². The first kappa shape index (κ1) is 17.5. The third-order valence-electron chi connectivity index (χ3n) is 5.16. The summed E-state index contributed by atoms with van der Waals surface area (Å²) in [5.41, 5.74) is 1.17. The minimum absolute atomic E-state index is 0.0149. The quantitative estimate of drug-likeness (QED) is 0.876. The lowest BCUT2D eigenvalue weighted by molar-refractivity contribution is -0.146. The number of piperidine rings is 1. The number of hydrogen-bond acceptors (Lipinski definition) is 3. The van der Waals surface area contributed by atoms with Crippen LogP contribution in [0.4, 0.5) is 0 Å². The Hall–Kier alpha value is -2.37. The number of carboxylic acid groups (broad SMARTS) is 1. The van der Waals surface area contributed by atoms with Gasteiger partial charge in [-0.25, -0.2) is 0 Å². The second kappa shape index (κ2) is 7.68. The Balaban J connectivity index is 1.54. The van der Waals surface area contributed by atoms with Gasteiger partial charge in [-0.3, -0.25) is 14.4 Å². The first-order valence-electron chi connectivity index (χ1n) is 8.88. The topological polar surface area (TPSA) is 77.9 Å². The van der Waals surface area contributed by atoms with Crippen molar-refractivity contribution in [1.29, 1.82) is 0 Å². The fourth-order valence-corrected chi connectivity index (χ4v) is 3.70. The van der Waals surface area contributed by atoms with Gasteiger partial charge in [-0.15, -0.1) is 0 Å². The molecule has 2 aliphatic rings. The largest absolute Gasteiger partial charge is 0.481 e. The Morgan fingerprint density at radius 2 is 1.88 bits per heavy atom. The molecule has 0 radical (unpaired) electrons. The van der Waals surface area contributed by atoms with Crippen LogP contribution in [0.1, 0.15) is 24.8 Å². The van der Waals surface area contributed by atoms with Gasteiger partial charge in [0, 0.05) is 32.6 Å². The maximum Gasteiger partial charge on any atom is 0.308 e. The van der Waals surface area contributed by atoms with E-state index in [9.17, 15) is 14.4 Å². The number of carboxylic acids is 1. The molecule has 0 saturated carbocycles. The second-order valence-corrected chi connectivity index (χ2v) is 6.94. The van der Waals surface area contributed by atoms with Crippen LogP contribution in [0.5, 0.6) is 0 Å². The van der Waals surface area contributed by atoms with Crippen LogP contribution >= 0.6 is 0 Å². The van der Waals surface area contributed by atoms with Gasteiger partial charge >= 0.3 is 5.97 Å². The molecule has 2 fully saturated rings. The van der Waals surface area contributed by atoms with E-state index in [0.29, 0.717) is 32.5 Å². The maximum absolute atomic E-state index is 12.7. The van der Waals surface area contributed by atoms with Crippen LogP contribution in [0.3, 0.4) is 0 Å². The molecule has 3 rings (SSSR count). The summed E-state index contributed by atoms with van der Waals surface area (Å²) in [6.45, 7) is 1.92. The summed E-state index contributed by atoms with van der Waals surface area (Å²) in [6, 6.07) is 9.97. The Morgan fingerprint density at radius 3 is 2.60 bits per heavy atom. The van der Waals surface area contributed by atoms with Gasteiger partial charge in [0.05, 0.1) is 11.8 Å². The average molecular weight is 344 g/mol. The SMILES string of the molecule is O=C(O)[C@H]1CCCN(C(=O)[C@@H]2CC(=O)N(CCc3ccccc3)C2)C1. The van der Waals surface area contributed by atoms with Gasteiger partial charge in [0.2, 0.25) is 11.8 Å². The monoisotopic (exact) mass is 344 g/mol. The number of benzene rings is 1. The van der Waals surface area contributed by atoms with Gasteiger partial charge < -0.3 is 14.9 Å². The highest BCUT2D eigenvalue weighted by Gasteiger charge is 2.38. The third-order valence-corrected chi connectivity index (χ3v) is 5.16. The zero-order valence-corrected chi connectivity index (χ0v) is 14.3. The van der Waals surface area contributed by atoms with E-state index in [1.807, 2.05) is 30.3 Å². The zero-order chi connectivity index (χ0) is 17.8. The van der Waals surface area contributed by atoms with Crippen LogP contribution < -0.4 is 0 Å². The molecule has 0 bridgehead atoms. The molecule has 0 aliphatic carbocycles. The number of likely N-dealkylation sites (tertiary alicyclic amines) is 2. The van der Waals surface area contributed by atoms with E-state index < -0.39 is 11.9 Å². The van der Waals surface area contributed by atoms with E-state index in [0.717, 1.165) is 6.42 Å². The molecule has 25 heavy (non-hydrogen) atoms. The van der Waals surface area contributed by atoms with Gasteiger partial charge in [0.15, 0.2) is 0 Å². The van der Waals surface area contributed by atoms with Gasteiger partial charge in [-0.2, -0.15) is 0 Å². The van der Waals surface area contributed by atoms with Crippen molar-refractivity contribution >= 4 is 17.8 Å². The molecule has 6 heteroatoms.